The Kier molecular flexibility index (Phi) is 5.91. The largest absolute Gasteiger partial charge is 0.383 e. The molecule has 1 fully saturated rings. The Morgan fingerprint density at radius 3 is 2.63 bits per heavy atom. The van der Waals surface area contributed by atoms with Gasteiger partial charge in [-0.15, -0.1) is 0 Å². The Bertz CT molecular complexity index is 1150. The van der Waals surface area contributed by atoms with E-state index in [2.05, 4.69) is 19.8 Å². The van der Waals surface area contributed by atoms with Crippen molar-refractivity contribution in [2.24, 2.45) is 7.05 Å². The van der Waals surface area contributed by atoms with E-state index in [0.717, 1.165) is 37.7 Å². The van der Waals surface area contributed by atoms with E-state index in [4.69, 9.17) is 4.74 Å². The Hall–Kier alpha value is -3.04. The number of piperazine rings is 1. The molecule has 0 aliphatic carbocycles. The van der Waals surface area contributed by atoms with Crippen LogP contribution in [0.1, 0.15) is 5.82 Å². The summed E-state index contributed by atoms with van der Waals surface area (Å²) in [5.41, 5.74) is 1.68. The zero-order chi connectivity index (χ0) is 21.1. The minimum atomic E-state index is -0.0469. The fourth-order valence-electron chi connectivity index (χ4n) is 3.72. The summed E-state index contributed by atoms with van der Waals surface area (Å²) in [7, 11) is 3.37. The quantitative estimate of drug-likeness (QED) is 0.584. The molecule has 0 unspecified atom stereocenters. The first-order valence-corrected chi connectivity index (χ1v) is 10.0. The molecule has 1 aliphatic rings. The maximum Gasteiger partial charge on any atom is 0.261 e. The van der Waals surface area contributed by atoms with E-state index >= 15 is 0 Å². The number of fused-ring (bicyclic) bond motifs is 1. The monoisotopic (exact) mass is 410 g/mol. The third-order valence-electron chi connectivity index (χ3n) is 5.61. The first-order chi connectivity index (χ1) is 14.6. The molecule has 2 aromatic heterocycles. The highest BCUT2D eigenvalue weighted by Gasteiger charge is 2.19. The van der Waals surface area contributed by atoms with Gasteiger partial charge in [0.1, 0.15) is 5.82 Å². The molecule has 1 aromatic carbocycles. The number of rotatable bonds is 6. The topological polar surface area (TPSA) is 85.5 Å². The minimum Gasteiger partial charge on any atom is -0.383 e. The molecule has 0 spiro atoms. The van der Waals surface area contributed by atoms with E-state index in [1.165, 1.54) is 6.07 Å². The second-order valence-corrected chi connectivity index (χ2v) is 7.46. The molecular formula is C21H26N6O3. The second-order valence-electron chi connectivity index (χ2n) is 7.46. The summed E-state index contributed by atoms with van der Waals surface area (Å²) >= 11 is 0. The molecule has 1 saturated heterocycles. The van der Waals surface area contributed by atoms with Gasteiger partial charge in [-0.2, -0.15) is 0 Å². The highest BCUT2D eigenvalue weighted by molar-refractivity contribution is 5.81. The number of nitrogens with zero attached hydrogens (tertiary/aromatic N) is 6. The lowest BCUT2D eigenvalue weighted by Gasteiger charge is -2.36. The molecule has 0 radical (unpaired) electrons. The number of hydrogen-bond donors (Lipinski definition) is 0. The predicted octanol–water partition coefficient (Wildman–Crippen LogP) is 0.459. The lowest BCUT2D eigenvalue weighted by atomic mass is 10.2. The molecule has 0 atom stereocenters. The number of benzene rings is 1. The molecule has 1 aliphatic heterocycles. The standard InChI is InChI=1S/C21H26N6O3/c1-24-19(22-6-5-20(24)28)14-25-7-9-26(10-8-25)16-3-4-17-18(13-16)23-15-27(21(17)29)11-12-30-2/h3-6,13,15H,7-12,14H2,1-2H3. The molecule has 0 N–H and O–H groups in total. The molecule has 30 heavy (non-hydrogen) atoms. The normalized spacial score (nSPS) is 15.1. The molecule has 9 nitrogen and oxygen atoms in total. The van der Waals surface area contributed by atoms with Crippen LogP contribution in [0.3, 0.4) is 0 Å². The van der Waals surface area contributed by atoms with Crippen LogP contribution in [0.4, 0.5) is 5.69 Å². The van der Waals surface area contributed by atoms with Gasteiger partial charge in [0.2, 0.25) is 0 Å². The Balaban J connectivity index is 1.44. The van der Waals surface area contributed by atoms with Gasteiger partial charge in [-0.25, -0.2) is 9.97 Å². The van der Waals surface area contributed by atoms with E-state index in [1.807, 2.05) is 18.2 Å². The van der Waals surface area contributed by atoms with Crippen LogP contribution in [0.25, 0.3) is 10.9 Å². The molecule has 3 heterocycles. The van der Waals surface area contributed by atoms with Gasteiger partial charge in [-0.1, -0.05) is 0 Å². The summed E-state index contributed by atoms with van der Waals surface area (Å²) in [5.74, 6) is 0.774. The van der Waals surface area contributed by atoms with Crippen LogP contribution >= 0.6 is 0 Å². The number of aromatic nitrogens is 4. The van der Waals surface area contributed by atoms with Gasteiger partial charge in [-0.3, -0.25) is 23.6 Å². The summed E-state index contributed by atoms with van der Waals surface area (Å²) in [4.78, 5) is 37.8. The second kappa shape index (κ2) is 8.76. The van der Waals surface area contributed by atoms with E-state index < -0.39 is 0 Å². The number of methoxy groups -OCH3 is 1. The molecule has 0 saturated carbocycles. The highest BCUT2D eigenvalue weighted by Crippen LogP contribution is 2.20. The third kappa shape index (κ3) is 4.12. The first kappa shape index (κ1) is 20.2. The summed E-state index contributed by atoms with van der Waals surface area (Å²) in [6.45, 7) is 5.07. The minimum absolute atomic E-state index is 0.0383. The van der Waals surface area contributed by atoms with Gasteiger partial charge in [0.25, 0.3) is 11.1 Å². The Labute approximate surface area is 174 Å². The number of hydrogen-bond acceptors (Lipinski definition) is 7. The van der Waals surface area contributed by atoms with Crippen molar-refractivity contribution in [3.63, 3.8) is 0 Å². The van der Waals surface area contributed by atoms with Crippen molar-refractivity contribution in [3.05, 3.63) is 63.3 Å². The van der Waals surface area contributed by atoms with Crippen molar-refractivity contribution in [3.8, 4) is 0 Å². The smallest absolute Gasteiger partial charge is 0.261 e. The average Bonchev–Trinajstić information content (AvgIpc) is 2.77. The Morgan fingerprint density at radius 1 is 1.07 bits per heavy atom. The summed E-state index contributed by atoms with van der Waals surface area (Å²) < 4.78 is 8.23. The van der Waals surface area contributed by atoms with Crippen molar-refractivity contribution < 1.29 is 4.74 Å². The van der Waals surface area contributed by atoms with Crippen molar-refractivity contribution >= 4 is 16.6 Å². The first-order valence-electron chi connectivity index (χ1n) is 10.0. The summed E-state index contributed by atoms with van der Waals surface area (Å²) in [6, 6.07) is 7.31. The molecule has 158 valence electrons. The molecule has 3 aromatic rings. The maximum absolute atomic E-state index is 12.6. The Morgan fingerprint density at radius 2 is 1.87 bits per heavy atom. The van der Waals surface area contributed by atoms with Crippen LogP contribution in [0.15, 0.2) is 46.4 Å². The van der Waals surface area contributed by atoms with Gasteiger partial charge >= 0.3 is 0 Å². The van der Waals surface area contributed by atoms with Crippen LogP contribution in [0.2, 0.25) is 0 Å². The molecule has 9 heteroatoms. The highest BCUT2D eigenvalue weighted by atomic mass is 16.5. The molecule has 0 bridgehead atoms. The SMILES string of the molecule is COCCn1cnc2cc(N3CCN(Cc4nccc(=O)n4C)CC3)ccc2c1=O. The van der Waals surface area contributed by atoms with E-state index in [-0.39, 0.29) is 11.1 Å². The van der Waals surface area contributed by atoms with Gasteiger partial charge in [-0.05, 0) is 18.2 Å². The number of ether oxygens (including phenoxy) is 1. The van der Waals surface area contributed by atoms with Crippen molar-refractivity contribution in [2.45, 2.75) is 13.1 Å². The van der Waals surface area contributed by atoms with Crippen molar-refractivity contribution in [1.29, 1.82) is 0 Å². The van der Waals surface area contributed by atoms with Crippen molar-refractivity contribution in [1.82, 2.24) is 24.0 Å². The molecule has 0 amide bonds. The third-order valence-corrected chi connectivity index (χ3v) is 5.61. The van der Waals surface area contributed by atoms with Crippen molar-refractivity contribution in [2.75, 3.05) is 44.8 Å². The average molecular weight is 410 g/mol. The van der Waals surface area contributed by atoms with Gasteiger partial charge in [0, 0.05) is 58.3 Å². The van der Waals surface area contributed by atoms with Crippen LogP contribution in [0, 0.1) is 0 Å². The zero-order valence-corrected chi connectivity index (χ0v) is 17.3. The zero-order valence-electron chi connectivity index (χ0n) is 17.3. The maximum atomic E-state index is 12.6. The predicted molar refractivity (Wildman–Crippen MR) is 115 cm³/mol. The summed E-state index contributed by atoms with van der Waals surface area (Å²) in [6.07, 6.45) is 3.15. The van der Waals surface area contributed by atoms with Gasteiger partial charge in [0.15, 0.2) is 0 Å². The van der Waals surface area contributed by atoms with E-state index in [0.29, 0.717) is 30.6 Å². The van der Waals surface area contributed by atoms with Gasteiger partial charge in [0.05, 0.1) is 36.9 Å². The van der Waals surface area contributed by atoms with E-state index in [9.17, 15) is 9.59 Å². The summed E-state index contributed by atoms with van der Waals surface area (Å²) in [5, 5.41) is 0.618. The fourth-order valence-corrected chi connectivity index (χ4v) is 3.72. The molecular weight excluding hydrogens is 384 g/mol. The molecule has 4 rings (SSSR count). The van der Waals surface area contributed by atoms with Crippen LogP contribution in [-0.4, -0.2) is 63.9 Å². The fraction of sp³-hybridized carbons (Fsp3) is 0.429. The van der Waals surface area contributed by atoms with Crippen LogP contribution in [0.5, 0.6) is 0 Å². The lowest BCUT2D eigenvalue weighted by molar-refractivity contribution is 0.186. The lowest BCUT2D eigenvalue weighted by Crippen LogP contribution is -2.46. The van der Waals surface area contributed by atoms with Crippen LogP contribution < -0.4 is 16.0 Å². The van der Waals surface area contributed by atoms with E-state index in [1.54, 1.807) is 35.8 Å². The van der Waals surface area contributed by atoms with Crippen LogP contribution in [-0.2, 0) is 24.9 Å². The van der Waals surface area contributed by atoms with Gasteiger partial charge < -0.3 is 9.64 Å². The number of anilines is 1.